The van der Waals surface area contributed by atoms with Gasteiger partial charge in [0.1, 0.15) is 11.2 Å². The van der Waals surface area contributed by atoms with E-state index in [1.165, 1.54) is 0 Å². The van der Waals surface area contributed by atoms with Gasteiger partial charge in [-0.2, -0.15) is 0 Å². The fraction of sp³-hybridized carbons (Fsp3) is 0. The predicted octanol–water partition coefficient (Wildman–Crippen LogP) is 14.4. The second-order valence-electron chi connectivity index (χ2n) is 12.0. The lowest BCUT2D eigenvalue weighted by Crippen LogP contribution is -2.10. The number of rotatable bonds is 6. The van der Waals surface area contributed by atoms with Gasteiger partial charge in [-0.15, -0.1) is 0 Å². The number of benzene rings is 9. The Morgan fingerprint density at radius 1 is 0.404 bits per heavy atom. The van der Waals surface area contributed by atoms with Gasteiger partial charge in [0.2, 0.25) is 0 Å². The maximum Gasteiger partial charge on any atom is 0.143 e. The normalized spacial score (nSPS) is 16.0. The monoisotopic (exact) mass is 680 g/mol. The first-order valence-electron chi connectivity index (χ1n) is 24.9. The number of nitrogens with zero attached hydrogens (tertiary/aromatic N) is 1. The van der Waals surface area contributed by atoms with Crippen LogP contribution in [0.2, 0.25) is 0 Å². The largest absolute Gasteiger partial charge is 0.455 e. The molecular weight excluding hydrogens is 631 g/mol. The molecule has 0 amide bonds. The Kier molecular flexibility index (Phi) is 4.16. The highest BCUT2D eigenvalue weighted by Gasteiger charge is 2.20. The first kappa shape index (κ1) is 17.4. The Bertz CT molecular complexity index is 3790. The molecular formula is C50H33NO. The van der Waals surface area contributed by atoms with Crippen molar-refractivity contribution in [1.29, 1.82) is 0 Å². The van der Waals surface area contributed by atoms with Crippen molar-refractivity contribution >= 4 is 60.5 Å². The molecule has 0 aliphatic heterocycles. The van der Waals surface area contributed by atoms with Gasteiger partial charge in [-0.1, -0.05) is 151 Å². The van der Waals surface area contributed by atoms with Crippen LogP contribution in [-0.4, -0.2) is 0 Å². The van der Waals surface area contributed by atoms with Crippen molar-refractivity contribution in [2.24, 2.45) is 0 Å². The van der Waals surface area contributed by atoms with E-state index in [2.05, 4.69) is 0 Å². The van der Waals surface area contributed by atoms with Crippen LogP contribution >= 0.6 is 0 Å². The second-order valence-corrected chi connectivity index (χ2v) is 12.0. The highest BCUT2D eigenvalue weighted by atomic mass is 16.3. The molecule has 0 unspecified atom stereocenters. The van der Waals surface area contributed by atoms with E-state index in [0.29, 0.717) is 27.5 Å². The lowest BCUT2D eigenvalue weighted by atomic mass is 9.99. The molecule has 0 fully saturated rings. The van der Waals surface area contributed by atoms with Gasteiger partial charge in [-0.25, -0.2) is 0 Å². The third kappa shape index (κ3) is 5.21. The van der Waals surface area contributed by atoms with Crippen LogP contribution < -0.4 is 4.90 Å². The summed E-state index contributed by atoms with van der Waals surface area (Å²) in [5.74, 6) is 0. The highest BCUT2D eigenvalue weighted by molar-refractivity contribution is 6.19. The molecule has 52 heavy (non-hydrogen) atoms. The zero-order valence-electron chi connectivity index (χ0n) is 44.1. The summed E-state index contributed by atoms with van der Waals surface area (Å²) in [5, 5.41) is 4.20. The van der Waals surface area contributed by atoms with Crippen LogP contribution in [-0.2, 0) is 0 Å². The number of hydrogen-bond donors (Lipinski definition) is 0. The maximum atomic E-state index is 9.65. The molecule has 2 nitrogen and oxygen atoms in total. The van der Waals surface area contributed by atoms with E-state index in [0.717, 1.165) is 26.4 Å². The summed E-state index contributed by atoms with van der Waals surface area (Å²) >= 11 is 0. The fourth-order valence-corrected chi connectivity index (χ4v) is 6.46. The summed E-state index contributed by atoms with van der Waals surface area (Å²) in [6.07, 6.45) is 0. The molecule has 9 aromatic carbocycles. The molecule has 0 atom stereocenters. The summed E-state index contributed by atoms with van der Waals surface area (Å²) in [5.41, 5.74) is -2.30. The number of furan rings is 1. The topological polar surface area (TPSA) is 16.4 Å². The minimum Gasteiger partial charge on any atom is -0.455 e. The quantitative estimate of drug-likeness (QED) is 0.174. The van der Waals surface area contributed by atoms with Crippen molar-refractivity contribution in [2.75, 3.05) is 4.90 Å². The summed E-state index contributed by atoms with van der Waals surface area (Å²) in [4.78, 5) is 1.14. The summed E-state index contributed by atoms with van der Waals surface area (Å²) < 4.78 is 160. The van der Waals surface area contributed by atoms with Gasteiger partial charge in [-0.05, 0) is 98.0 Å². The molecule has 0 saturated carbocycles. The van der Waals surface area contributed by atoms with E-state index < -0.39 is 136 Å². The molecule has 0 aliphatic carbocycles. The van der Waals surface area contributed by atoms with Crippen LogP contribution in [0, 0.1) is 0 Å². The molecule has 0 spiro atoms. The van der Waals surface area contributed by atoms with Crippen LogP contribution in [0.5, 0.6) is 0 Å². The van der Waals surface area contributed by atoms with E-state index in [4.69, 9.17) is 16.8 Å². The number of fused-ring (bicyclic) bond motifs is 6. The van der Waals surface area contributed by atoms with Crippen molar-refractivity contribution in [3.05, 3.63) is 200 Å². The summed E-state index contributed by atoms with van der Waals surface area (Å²) in [7, 11) is 0. The maximum absolute atomic E-state index is 9.65. The van der Waals surface area contributed by atoms with E-state index in [1.54, 1.807) is 42.5 Å². The molecule has 0 saturated heterocycles. The third-order valence-electron chi connectivity index (χ3n) is 8.94. The molecule has 1 aromatic heterocycles. The van der Waals surface area contributed by atoms with Gasteiger partial charge < -0.3 is 9.32 Å². The van der Waals surface area contributed by atoms with Gasteiger partial charge in [0.15, 0.2) is 0 Å². The fourth-order valence-electron chi connectivity index (χ4n) is 6.46. The predicted molar refractivity (Wildman–Crippen MR) is 220 cm³/mol. The van der Waals surface area contributed by atoms with Crippen LogP contribution in [0.3, 0.4) is 0 Å². The summed E-state index contributed by atoms with van der Waals surface area (Å²) in [6, 6.07) is 15.9. The van der Waals surface area contributed by atoms with Gasteiger partial charge >= 0.3 is 0 Å². The van der Waals surface area contributed by atoms with E-state index in [-0.39, 0.29) is 11.3 Å². The molecule has 0 bridgehead atoms. The summed E-state index contributed by atoms with van der Waals surface area (Å²) in [6.45, 7) is 0. The number of hydrogen-bond acceptors (Lipinski definition) is 2. The van der Waals surface area contributed by atoms with Gasteiger partial charge in [0.25, 0.3) is 0 Å². The van der Waals surface area contributed by atoms with Gasteiger partial charge in [0.05, 0.1) is 34.4 Å². The Morgan fingerprint density at radius 2 is 0.962 bits per heavy atom. The van der Waals surface area contributed by atoms with Crippen molar-refractivity contribution in [2.45, 2.75) is 0 Å². The molecule has 244 valence electrons. The Labute approximate surface area is 326 Å². The van der Waals surface area contributed by atoms with Crippen molar-refractivity contribution < 1.29 is 27.7 Å². The minimum absolute atomic E-state index is 0.0248. The molecule has 2 heteroatoms. The van der Waals surface area contributed by atoms with Crippen LogP contribution in [0.25, 0.3) is 76.9 Å². The lowest BCUT2D eigenvalue weighted by Gasteiger charge is -2.26. The Morgan fingerprint density at radius 3 is 1.65 bits per heavy atom. The molecule has 10 aromatic rings. The van der Waals surface area contributed by atoms with Crippen LogP contribution in [0.15, 0.2) is 204 Å². The average Bonchev–Trinajstić information content (AvgIpc) is 3.75. The van der Waals surface area contributed by atoms with E-state index >= 15 is 0 Å². The van der Waals surface area contributed by atoms with Gasteiger partial charge in [-0.3, -0.25) is 0 Å². The van der Waals surface area contributed by atoms with E-state index in [1.807, 2.05) is 54.6 Å². The zero-order valence-corrected chi connectivity index (χ0v) is 27.1. The standard InChI is InChI=1S/C50H33NO/c1-2-9-34(10-3-1)36-17-19-37(20-18-36)38-23-28-43(29-24-38)51(44-30-25-39(26-31-44)42-22-21-35-11-4-5-13-41(35)33-42)47-15-8-16-48-49(47)46-32-27-40-12-6-7-14-45(40)50(46)52-48/h1-33H/i1D,2D,3D,9D,10D,17D,18D,19D,20D,23D,24D,25D,26D,28D,29D,30D,31D. The van der Waals surface area contributed by atoms with Gasteiger partial charge in [0, 0.05) is 22.1 Å². The van der Waals surface area contributed by atoms with Crippen molar-refractivity contribution in [1.82, 2.24) is 0 Å². The van der Waals surface area contributed by atoms with Crippen LogP contribution in [0.4, 0.5) is 17.1 Å². The van der Waals surface area contributed by atoms with E-state index in [9.17, 15) is 11.0 Å². The first-order chi connectivity index (χ1) is 32.9. The van der Waals surface area contributed by atoms with Crippen molar-refractivity contribution in [3.8, 4) is 33.4 Å². The molecule has 10 rings (SSSR count). The van der Waals surface area contributed by atoms with Crippen molar-refractivity contribution in [3.63, 3.8) is 0 Å². The molecule has 0 aliphatic rings. The minimum atomic E-state index is -0.881. The first-order valence-corrected chi connectivity index (χ1v) is 16.4. The highest BCUT2D eigenvalue weighted by Crippen LogP contribution is 2.45. The molecule has 1 heterocycles. The molecule has 0 radical (unpaired) electrons. The Balaban J connectivity index is 1.27. The lowest BCUT2D eigenvalue weighted by molar-refractivity contribution is 0.672. The SMILES string of the molecule is [2H]c1c([2H])c([2H])c(-c2c([2H])c([2H])c(-c3c([2H])c([2H])c(N(c4c([2H])c([2H])c(-c5ccc6ccccc6c5)c([2H])c4[2H])c4cccc5oc6c7ccccc7ccc6c45)c([2H])c3[2H])c([2H])c2[2H])c([2H])c1[2H]. The second kappa shape index (κ2) is 12.5. The number of anilines is 3. The third-order valence-corrected chi connectivity index (χ3v) is 8.94. The average molecular weight is 681 g/mol. The Hall–Kier alpha value is -6.90. The zero-order chi connectivity index (χ0) is 49.2. The molecule has 0 N–H and O–H groups in total. The van der Waals surface area contributed by atoms with Crippen LogP contribution in [0.1, 0.15) is 23.3 Å². The smallest absolute Gasteiger partial charge is 0.143 e.